The molecule has 5 heteroatoms. The third kappa shape index (κ3) is 4.89. The van der Waals surface area contributed by atoms with Crippen molar-refractivity contribution in [2.75, 3.05) is 7.11 Å². The maximum atomic E-state index is 12.6. The van der Waals surface area contributed by atoms with Crippen LogP contribution >= 0.6 is 11.6 Å². The van der Waals surface area contributed by atoms with E-state index < -0.39 is 6.10 Å². The highest BCUT2D eigenvalue weighted by Crippen LogP contribution is 2.25. The largest absolute Gasteiger partial charge is 0.496 e. The van der Waals surface area contributed by atoms with Crippen molar-refractivity contribution >= 4 is 17.5 Å². The number of benzene rings is 2. The van der Waals surface area contributed by atoms with Gasteiger partial charge in [-0.25, -0.2) is 0 Å². The van der Waals surface area contributed by atoms with Gasteiger partial charge in [0.15, 0.2) is 6.10 Å². The number of carbonyl (C=O) groups excluding carboxylic acids is 1. The molecule has 0 heterocycles. The SMILES string of the molecule is CC[C@H](Oc1ccc(Cl)c(C)c1)C(=O)N[C@@H](C)c1ccccc1OC. The summed E-state index contributed by atoms with van der Waals surface area (Å²) < 4.78 is 11.2. The Balaban J connectivity index is 2.07. The molecule has 0 unspecified atom stereocenters. The molecule has 0 spiro atoms. The van der Waals surface area contributed by atoms with Crippen molar-refractivity contribution in [1.29, 1.82) is 0 Å². The third-order valence-corrected chi connectivity index (χ3v) is 4.46. The second kappa shape index (κ2) is 8.77. The van der Waals surface area contributed by atoms with Gasteiger partial charge in [0.1, 0.15) is 11.5 Å². The van der Waals surface area contributed by atoms with Gasteiger partial charge in [-0.15, -0.1) is 0 Å². The summed E-state index contributed by atoms with van der Waals surface area (Å²) in [5.41, 5.74) is 1.84. The molecule has 0 bridgehead atoms. The summed E-state index contributed by atoms with van der Waals surface area (Å²) in [4.78, 5) is 12.6. The summed E-state index contributed by atoms with van der Waals surface area (Å²) in [6.45, 7) is 5.75. The van der Waals surface area contributed by atoms with Gasteiger partial charge < -0.3 is 14.8 Å². The number of nitrogens with one attached hydrogen (secondary N) is 1. The van der Waals surface area contributed by atoms with Crippen LogP contribution in [0.25, 0.3) is 0 Å². The summed E-state index contributed by atoms with van der Waals surface area (Å²) >= 11 is 6.03. The molecule has 0 saturated carbocycles. The number of carbonyl (C=O) groups is 1. The lowest BCUT2D eigenvalue weighted by atomic mass is 10.1. The number of para-hydroxylation sites is 1. The van der Waals surface area contributed by atoms with Crippen LogP contribution in [0.1, 0.15) is 37.4 Å². The number of ether oxygens (including phenoxy) is 2. The van der Waals surface area contributed by atoms with Crippen molar-refractivity contribution in [3.05, 3.63) is 58.6 Å². The van der Waals surface area contributed by atoms with E-state index in [1.807, 2.05) is 51.1 Å². The van der Waals surface area contributed by atoms with Crippen LogP contribution < -0.4 is 14.8 Å². The number of hydrogen-bond acceptors (Lipinski definition) is 3. The molecule has 2 aromatic rings. The summed E-state index contributed by atoms with van der Waals surface area (Å²) in [5.74, 6) is 1.22. The van der Waals surface area contributed by atoms with Crippen LogP contribution in [0.5, 0.6) is 11.5 Å². The van der Waals surface area contributed by atoms with Gasteiger partial charge in [0.2, 0.25) is 0 Å². The van der Waals surface area contributed by atoms with Crippen LogP contribution in [-0.4, -0.2) is 19.1 Å². The molecule has 1 N–H and O–H groups in total. The van der Waals surface area contributed by atoms with E-state index in [-0.39, 0.29) is 11.9 Å². The van der Waals surface area contributed by atoms with E-state index in [4.69, 9.17) is 21.1 Å². The lowest BCUT2D eigenvalue weighted by Gasteiger charge is -2.22. The first-order valence-corrected chi connectivity index (χ1v) is 8.70. The number of aryl methyl sites for hydroxylation is 1. The maximum absolute atomic E-state index is 12.6. The number of rotatable bonds is 7. The van der Waals surface area contributed by atoms with Crippen molar-refractivity contribution < 1.29 is 14.3 Å². The van der Waals surface area contributed by atoms with Crippen molar-refractivity contribution in [1.82, 2.24) is 5.32 Å². The minimum atomic E-state index is -0.572. The van der Waals surface area contributed by atoms with Crippen LogP contribution in [0.3, 0.4) is 0 Å². The van der Waals surface area contributed by atoms with E-state index in [1.165, 1.54) is 0 Å². The molecule has 0 aliphatic carbocycles. The van der Waals surface area contributed by atoms with Crippen molar-refractivity contribution in [2.45, 2.75) is 39.3 Å². The topological polar surface area (TPSA) is 47.6 Å². The number of hydrogen-bond donors (Lipinski definition) is 1. The first kappa shape index (κ1) is 19.1. The molecule has 2 atom stereocenters. The van der Waals surface area contributed by atoms with Gasteiger partial charge in [0.25, 0.3) is 5.91 Å². The smallest absolute Gasteiger partial charge is 0.261 e. The Bertz CT molecular complexity index is 733. The molecule has 0 saturated heterocycles. The van der Waals surface area contributed by atoms with E-state index >= 15 is 0 Å². The van der Waals surface area contributed by atoms with E-state index in [9.17, 15) is 4.79 Å². The fourth-order valence-electron chi connectivity index (χ4n) is 2.59. The quantitative estimate of drug-likeness (QED) is 0.778. The van der Waals surface area contributed by atoms with Gasteiger partial charge in [-0.2, -0.15) is 0 Å². The number of halogens is 1. The highest BCUT2D eigenvalue weighted by molar-refractivity contribution is 6.31. The van der Waals surface area contributed by atoms with Crippen molar-refractivity contribution in [2.24, 2.45) is 0 Å². The number of methoxy groups -OCH3 is 1. The van der Waals surface area contributed by atoms with E-state index in [0.717, 1.165) is 16.9 Å². The minimum Gasteiger partial charge on any atom is -0.496 e. The lowest BCUT2D eigenvalue weighted by molar-refractivity contribution is -0.128. The Morgan fingerprint density at radius 1 is 1.24 bits per heavy atom. The molecule has 1 amide bonds. The first-order chi connectivity index (χ1) is 12.0. The molecule has 2 rings (SSSR count). The average molecular weight is 362 g/mol. The predicted molar refractivity (Wildman–Crippen MR) is 100 cm³/mol. The second-order valence-electron chi connectivity index (χ2n) is 5.90. The van der Waals surface area contributed by atoms with Crippen LogP contribution in [0, 0.1) is 6.92 Å². The van der Waals surface area contributed by atoms with Crippen LogP contribution in [0.2, 0.25) is 5.02 Å². The Hall–Kier alpha value is -2.20. The molecular weight excluding hydrogens is 338 g/mol. The highest BCUT2D eigenvalue weighted by Gasteiger charge is 2.22. The van der Waals surface area contributed by atoms with Crippen LogP contribution in [0.15, 0.2) is 42.5 Å². The standard InChI is InChI=1S/C20H24ClNO3/c1-5-18(25-15-10-11-17(21)13(2)12-15)20(23)22-14(3)16-8-6-7-9-19(16)24-4/h6-12,14,18H,5H2,1-4H3,(H,22,23)/t14-,18-/m0/s1. The third-order valence-electron chi connectivity index (χ3n) is 4.04. The molecular formula is C20H24ClNO3. The van der Waals surface area contributed by atoms with Crippen LogP contribution in [-0.2, 0) is 4.79 Å². The molecule has 25 heavy (non-hydrogen) atoms. The van der Waals surface area contributed by atoms with E-state index in [1.54, 1.807) is 19.2 Å². The average Bonchev–Trinajstić information content (AvgIpc) is 2.62. The van der Waals surface area contributed by atoms with Gasteiger partial charge in [0.05, 0.1) is 13.2 Å². The molecule has 0 aliphatic heterocycles. The number of amides is 1. The predicted octanol–water partition coefficient (Wildman–Crippen LogP) is 4.69. The Labute approximate surface area is 154 Å². The van der Waals surface area contributed by atoms with Crippen molar-refractivity contribution in [3.63, 3.8) is 0 Å². The molecule has 134 valence electrons. The summed E-state index contributed by atoms with van der Waals surface area (Å²) in [5, 5.41) is 3.67. The van der Waals surface area contributed by atoms with Gasteiger partial charge in [-0.05, 0) is 50.1 Å². The van der Waals surface area contributed by atoms with Gasteiger partial charge in [-0.1, -0.05) is 36.7 Å². The first-order valence-electron chi connectivity index (χ1n) is 8.32. The van der Waals surface area contributed by atoms with Gasteiger partial charge >= 0.3 is 0 Å². The highest BCUT2D eigenvalue weighted by atomic mass is 35.5. The summed E-state index contributed by atoms with van der Waals surface area (Å²) in [6.07, 6.45) is -0.00989. The van der Waals surface area contributed by atoms with Gasteiger partial charge in [0, 0.05) is 10.6 Å². The zero-order valence-corrected chi connectivity index (χ0v) is 15.8. The molecule has 2 aromatic carbocycles. The zero-order chi connectivity index (χ0) is 18.4. The normalized spacial score (nSPS) is 13.0. The zero-order valence-electron chi connectivity index (χ0n) is 15.0. The van der Waals surface area contributed by atoms with Crippen molar-refractivity contribution in [3.8, 4) is 11.5 Å². The van der Waals surface area contributed by atoms with Crippen LogP contribution in [0.4, 0.5) is 0 Å². The maximum Gasteiger partial charge on any atom is 0.261 e. The summed E-state index contributed by atoms with van der Waals surface area (Å²) in [7, 11) is 1.62. The molecule has 0 fully saturated rings. The lowest BCUT2D eigenvalue weighted by Crippen LogP contribution is -2.39. The van der Waals surface area contributed by atoms with E-state index in [0.29, 0.717) is 17.2 Å². The second-order valence-corrected chi connectivity index (χ2v) is 6.31. The monoisotopic (exact) mass is 361 g/mol. The fourth-order valence-corrected chi connectivity index (χ4v) is 2.70. The molecule has 4 nitrogen and oxygen atoms in total. The molecule has 0 radical (unpaired) electrons. The molecule has 0 aliphatic rings. The molecule has 0 aromatic heterocycles. The Morgan fingerprint density at radius 2 is 1.96 bits per heavy atom. The summed E-state index contributed by atoms with van der Waals surface area (Å²) in [6, 6.07) is 12.8. The fraction of sp³-hybridized carbons (Fsp3) is 0.350. The van der Waals surface area contributed by atoms with Gasteiger partial charge in [-0.3, -0.25) is 4.79 Å². The van der Waals surface area contributed by atoms with E-state index in [2.05, 4.69) is 5.32 Å². The Kier molecular flexibility index (Phi) is 6.71. The Morgan fingerprint density at radius 3 is 2.60 bits per heavy atom. The minimum absolute atomic E-state index is 0.159.